The van der Waals surface area contributed by atoms with Crippen molar-refractivity contribution in [1.29, 1.82) is 0 Å². The summed E-state index contributed by atoms with van der Waals surface area (Å²) in [5, 5.41) is 0. The minimum Gasteiger partial charge on any atom is -0.467 e. The van der Waals surface area contributed by atoms with Gasteiger partial charge < -0.3 is 23.7 Å². The van der Waals surface area contributed by atoms with Crippen molar-refractivity contribution in [2.45, 2.75) is 6.42 Å². The summed E-state index contributed by atoms with van der Waals surface area (Å²) in [5.74, 6) is 0.603. The first kappa shape index (κ1) is 19.5. The number of allylic oxidation sites excluding steroid dienone is 1. The second-order valence-corrected chi connectivity index (χ2v) is 5.22. The molecule has 0 radical (unpaired) electrons. The number of esters is 1. The van der Waals surface area contributed by atoms with Crippen molar-refractivity contribution in [2.24, 2.45) is 0 Å². The van der Waals surface area contributed by atoms with Crippen LogP contribution < -0.4 is 14.2 Å². The summed E-state index contributed by atoms with van der Waals surface area (Å²) in [6.07, 6.45) is 3.77. The van der Waals surface area contributed by atoms with Crippen molar-refractivity contribution >= 4 is 5.97 Å². The van der Waals surface area contributed by atoms with Crippen molar-refractivity contribution in [2.75, 3.05) is 27.8 Å². The number of rotatable bonds is 10. The first-order valence-electron chi connectivity index (χ1n) is 8.02. The van der Waals surface area contributed by atoms with Gasteiger partial charge in [-0.3, -0.25) is 0 Å². The highest BCUT2D eigenvalue weighted by molar-refractivity contribution is 5.84. The normalized spacial score (nSPS) is 10.7. The number of carbonyl (C=O) groups is 1. The summed E-state index contributed by atoms with van der Waals surface area (Å²) >= 11 is 0. The molecule has 0 fully saturated rings. The van der Waals surface area contributed by atoms with E-state index in [9.17, 15) is 4.79 Å². The van der Waals surface area contributed by atoms with Gasteiger partial charge in [0.2, 0.25) is 0 Å². The van der Waals surface area contributed by atoms with E-state index in [4.69, 9.17) is 23.7 Å². The zero-order valence-electron chi connectivity index (χ0n) is 14.8. The Morgan fingerprint density at radius 1 is 0.923 bits per heavy atom. The highest BCUT2D eigenvalue weighted by atomic mass is 16.7. The van der Waals surface area contributed by atoms with Crippen LogP contribution in [0.2, 0.25) is 0 Å². The van der Waals surface area contributed by atoms with E-state index >= 15 is 0 Å². The van der Waals surface area contributed by atoms with Crippen LogP contribution in [0.3, 0.4) is 0 Å². The molecule has 0 aromatic heterocycles. The lowest BCUT2D eigenvalue weighted by atomic mass is 10.1. The summed E-state index contributed by atoms with van der Waals surface area (Å²) in [6.45, 7) is 0.120. The van der Waals surface area contributed by atoms with E-state index in [1.807, 2.05) is 30.3 Å². The maximum Gasteiger partial charge on any atom is 0.335 e. The Morgan fingerprint density at radius 3 is 2.38 bits per heavy atom. The molecule has 0 atom stereocenters. The minimum absolute atomic E-state index is 0.0344. The van der Waals surface area contributed by atoms with Crippen molar-refractivity contribution in [3.8, 4) is 17.2 Å². The molecular weight excluding hydrogens is 336 g/mol. The van der Waals surface area contributed by atoms with E-state index in [2.05, 4.69) is 0 Å². The van der Waals surface area contributed by atoms with Crippen LogP contribution in [-0.4, -0.2) is 33.8 Å². The fraction of sp³-hybridized carbons (Fsp3) is 0.250. The highest BCUT2D eigenvalue weighted by Gasteiger charge is 2.11. The molecule has 0 amide bonds. The maximum absolute atomic E-state index is 12.1. The fourth-order valence-corrected chi connectivity index (χ4v) is 2.07. The van der Waals surface area contributed by atoms with Gasteiger partial charge in [0.1, 0.15) is 5.75 Å². The predicted octanol–water partition coefficient (Wildman–Crippen LogP) is 3.36. The number of carbonyl (C=O) groups excluding carboxylic acids is 1. The molecular formula is C20H22O6. The van der Waals surface area contributed by atoms with Crippen molar-refractivity contribution < 1.29 is 28.5 Å². The Balaban J connectivity index is 2.02. The summed E-state index contributed by atoms with van der Waals surface area (Å²) < 4.78 is 25.9. The standard InChI is InChI=1S/C20H22O6/c1-22-14-24-17-11-12-18(25-15-23-2)19(13-17)26-20(21)10-6-9-16-7-4-3-5-8-16/h3-8,10-13H,9,14-15H2,1-2H3. The Morgan fingerprint density at radius 2 is 1.65 bits per heavy atom. The zero-order valence-corrected chi connectivity index (χ0v) is 14.8. The van der Waals surface area contributed by atoms with Crippen LogP contribution in [0.25, 0.3) is 0 Å². The van der Waals surface area contributed by atoms with Crippen LogP contribution in [-0.2, 0) is 20.7 Å². The number of ether oxygens (including phenoxy) is 5. The lowest BCUT2D eigenvalue weighted by molar-refractivity contribution is -0.129. The van der Waals surface area contributed by atoms with Crippen molar-refractivity contribution in [1.82, 2.24) is 0 Å². The van der Waals surface area contributed by atoms with Crippen molar-refractivity contribution in [3.63, 3.8) is 0 Å². The van der Waals surface area contributed by atoms with Crippen LogP contribution >= 0.6 is 0 Å². The fourth-order valence-electron chi connectivity index (χ4n) is 2.07. The molecule has 0 saturated heterocycles. The first-order valence-corrected chi connectivity index (χ1v) is 8.02. The van der Waals surface area contributed by atoms with Gasteiger partial charge in [0.15, 0.2) is 25.1 Å². The van der Waals surface area contributed by atoms with Crippen LogP contribution in [0.15, 0.2) is 60.7 Å². The van der Waals surface area contributed by atoms with Gasteiger partial charge in [0, 0.05) is 26.4 Å². The molecule has 0 aliphatic rings. The Labute approximate surface area is 152 Å². The molecule has 0 aliphatic carbocycles. The van der Waals surface area contributed by atoms with Crippen LogP contribution in [0.1, 0.15) is 5.56 Å². The average Bonchev–Trinajstić information content (AvgIpc) is 2.66. The quantitative estimate of drug-likeness (QED) is 0.281. The molecule has 138 valence electrons. The van der Waals surface area contributed by atoms with E-state index in [0.29, 0.717) is 17.9 Å². The molecule has 0 spiro atoms. The zero-order chi connectivity index (χ0) is 18.6. The van der Waals surface area contributed by atoms with Crippen LogP contribution in [0.5, 0.6) is 17.2 Å². The highest BCUT2D eigenvalue weighted by Crippen LogP contribution is 2.32. The number of hydrogen-bond donors (Lipinski definition) is 0. The van der Waals surface area contributed by atoms with Crippen LogP contribution in [0, 0.1) is 0 Å². The third kappa shape index (κ3) is 6.58. The third-order valence-electron chi connectivity index (χ3n) is 3.25. The van der Waals surface area contributed by atoms with E-state index < -0.39 is 5.97 Å². The van der Waals surface area contributed by atoms with Gasteiger partial charge in [0.05, 0.1) is 0 Å². The molecule has 26 heavy (non-hydrogen) atoms. The lowest BCUT2D eigenvalue weighted by Gasteiger charge is -2.12. The SMILES string of the molecule is COCOc1ccc(OCOC)c(OC(=O)C=CCc2ccccc2)c1. The van der Waals surface area contributed by atoms with Gasteiger partial charge in [-0.1, -0.05) is 36.4 Å². The number of benzene rings is 2. The Bertz CT molecular complexity index is 711. The largest absolute Gasteiger partial charge is 0.467 e. The van der Waals surface area contributed by atoms with E-state index in [1.165, 1.54) is 20.3 Å². The van der Waals surface area contributed by atoms with Gasteiger partial charge in [-0.05, 0) is 24.1 Å². The molecule has 6 nitrogen and oxygen atoms in total. The lowest BCUT2D eigenvalue weighted by Crippen LogP contribution is -2.08. The molecule has 2 aromatic rings. The Hall–Kier alpha value is -2.83. The van der Waals surface area contributed by atoms with E-state index in [-0.39, 0.29) is 19.3 Å². The smallest absolute Gasteiger partial charge is 0.335 e. The van der Waals surface area contributed by atoms with Gasteiger partial charge in [-0.25, -0.2) is 4.79 Å². The number of hydrogen-bond acceptors (Lipinski definition) is 6. The average molecular weight is 358 g/mol. The van der Waals surface area contributed by atoms with Crippen LogP contribution in [0.4, 0.5) is 0 Å². The second kappa shape index (κ2) is 10.9. The molecule has 6 heteroatoms. The minimum atomic E-state index is -0.507. The molecule has 2 aromatic carbocycles. The maximum atomic E-state index is 12.1. The Kier molecular flexibility index (Phi) is 8.18. The van der Waals surface area contributed by atoms with E-state index in [0.717, 1.165) is 5.56 Å². The molecule has 0 N–H and O–H groups in total. The molecule has 0 unspecified atom stereocenters. The van der Waals surface area contributed by atoms with Gasteiger partial charge in [0.25, 0.3) is 0 Å². The van der Waals surface area contributed by atoms with Crippen molar-refractivity contribution in [3.05, 3.63) is 66.2 Å². The summed E-state index contributed by atoms with van der Waals surface area (Å²) in [7, 11) is 3.03. The van der Waals surface area contributed by atoms with Gasteiger partial charge >= 0.3 is 5.97 Å². The monoisotopic (exact) mass is 358 g/mol. The van der Waals surface area contributed by atoms with Gasteiger partial charge in [-0.2, -0.15) is 0 Å². The predicted molar refractivity (Wildman–Crippen MR) is 96.4 cm³/mol. The third-order valence-corrected chi connectivity index (χ3v) is 3.25. The molecule has 2 rings (SSSR count). The first-order chi connectivity index (χ1) is 12.7. The molecule has 0 aliphatic heterocycles. The molecule has 0 bridgehead atoms. The molecule has 0 saturated carbocycles. The summed E-state index contributed by atoms with van der Waals surface area (Å²) in [5.41, 5.74) is 1.11. The summed E-state index contributed by atoms with van der Waals surface area (Å²) in [6, 6.07) is 14.7. The second-order valence-electron chi connectivity index (χ2n) is 5.22. The van der Waals surface area contributed by atoms with E-state index in [1.54, 1.807) is 24.3 Å². The number of methoxy groups -OCH3 is 2. The van der Waals surface area contributed by atoms with Gasteiger partial charge in [-0.15, -0.1) is 0 Å². The summed E-state index contributed by atoms with van der Waals surface area (Å²) in [4.78, 5) is 12.1. The topological polar surface area (TPSA) is 63.2 Å². The molecule has 0 heterocycles.